The van der Waals surface area contributed by atoms with E-state index in [0.717, 1.165) is 24.1 Å². The fourth-order valence-electron chi connectivity index (χ4n) is 2.70. The van der Waals surface area contributed by atoms with Crippen LogP contribution in [0.4, 0.5) is 0 Å². The molecule has 0 radical (unpaired) electrons. The summed E-state index contributed by atoms with van der Waals surface area (Å²) < 4.78 is 0. The largest absolute Gasteiger partial charge is 0.382 e. The number of hydrogen-bond acceptors (Lipinski definition) is 3. The van der Waals surface area contributed by atoms with E-state index < -0.39 is 6.10 Å². The molecule has 0 spiro atoms. The summed E-state index contributed by atoms with van der Waals surface area (Å²) in [5, 5.41) is 7.75. The van der Waals surface area contributed by atoms with Gasteiger partial charge in [-0.25, -0.2) is 0 Å². The first-order chi connectivity index (χ1) is 9.72. The van der Waals surface area contributed by atoms with Gasteiger partial charge in [0, 0.05) is 17.5 Å². The van der Waals surface area contributed by atoms with Crippen molar-refractivity contribution in [1.82, 2.24) is 5.32 Å². The molecule has 1 aliphatic heterocycles. The van der Waals surface area contributed by atoms with E-state index in [1.807, 2.05) is 24.3 Å². The molecule has 0 bridgehead atoms. The molecule has 1 aromatic carbocycles. The second kappa shape index (κ2) is 5.83. The maximum atomic E-state index is 12.1. The monoisotopic (exact) mass is 292 g/mol. The minimum absolute atomic E-state index is 0.0513. The third-order valence-corrected chi connectivity index (χ3v) is 4.09. The van der Waals surface area contributed by atoms with Crippen LogP contribution in [0, 0.1) is 0 Å². The van der Waals surface area contributed by atoms with E-state index in [0.29, 0.717) is 17.5 Å². The van der Waals surface area contributed by atoms with Crippen LogP contribution in [0.2, 0.25) is 5.02 Å². The SMILES string of the molecule is O=C(NC1CCCC1)[C@H]1CC(c2ccc(Cl)cc2)=NO1. The van der Waals surface area contributed by atoms with Gasteiger partial charge in [0.15, 0.2) is 0 Å². The molecule has 5 heteroatoms. The van der Waals surface area contributed by atoms with E-state index >= 15 is 0 Å². The maximum absolute atomic E-state index is 12.1. The number of amides is 1. The lowest BCUT2D eigenvalue weighted by Gasteiger charge is -2.14. The number of rotatable bonds is 3. The lowest BCUT2D eigenvalue weighted by Crippen LogP contribution is -2.40. The first-order valence-electron chi connectivity index (χ1n) is 7.01. The summed E-state index contributed by atoms with van der Waals surface area (Å²) in [5.41, 5.74) is 1.75. The molecule has 1 atom stereocenters. The van der Waals surface area contributed by atoms with Gasteiger partial charge in [-0.2, -0.15) is 0 Å². The summed E-state index contributed by atoms with van der Waals surface area (Å²) >= 11 is 5.86. The Hall–Kier alpha value is -1.55. The second-order valence-electron chi connectivity index (χ2n) is 5.33. The van der Waals surface area contributed by atoms with Crippen LogP contribution in [0.15, 0.2) is 29.4 Å². The van der Waals surface area contributed by atoms with Crippen molar-refractivity contribution in [3.05, 3.63) is 34.9 Å². The molecule has 2 aliphatic rings. The van der Waals surface area contributed by atoms with Crippen LogP contribution >= 0.6 is 11.6 Å². The molecule has 1 amide bonds. The van der Waals surface area contributed by atoms with Gasteiger partial charge < -0.3 is 10.2 Å². The quantitative estimate of drug-likeness (QED) is 0.931. The van der Waals surface area contributed by atoms with E-state index in [4.69, 9.17) is 16.4 Å². The number of nitrogens with one attached hydrogen (secondary N) is 1. The number of nitrogens with zero attached hydrogens (tertiary/aromatic N) is 1. The summed E-state index contributed by atoms with van der Waals surface area (Å²) in [4.78, 5) is 17.4. The summed E-state index contributed by atoms with van der Waals surface area (Å²) in [6.07, 6.45) is 4.56. The Morgan fingerprint density at radius 2 is 1.95 bits per heavy atom. The van der Waals surface area contributed by atoms with Gasteiger partial charge >= 0.3 is 0 Å². The van der Waals surface area contributed by atoms with Crippen LogP contribution in [0.1, 0.15) is 37.7 Å². The molecule has 106 valence electrons. The van der Waals surface area contributed by atoms with Crippen molar-refractivity contribution in [2.45, 2.75) is 44.2 Å². The summed E-state index contributed by atoms with van der Waals surface area (Å²) in [6, 6.07) is 7.71. The molecule has 1 saturated carbocycles. The van der Waals surface area contributed by atoms with Crippen LogP contribution in [0.3, 0.4) is 0 Å². The lowest BCUT2D eigenvalue weighted by atomic mass is 10.0. The van der Waals surface area contributed by atoms with Crippen LogP contribution in [-0.4, -0.2) is 23.8 Å². The predicted octanol–water partition coefficient (Wildman–Crippen LogP) is 2.89. The Bertz CT molecular complexity index is 521. The van der Waals surface area contributed by atoms with Crippen molar-refractivity contribution in [3.63, 3.8) is 0 Å². The van der Waals surface area contributed by atoms with Gasteiger partial charge in [-0.3, -0.25) is 4.79 Å². The molecule has 1 aliphatic carbocycles. The van der Waals surface area contributed by atoms with Crippen LogP contribution in [0.5, 0.6) is 0 Å². The lowest BCUT2D eigenvalue weighted by molar-refractivity contribution is -0.131. The topological polar surface area (TPSA) is 50.7 Å². The number of carbonyl (C=O) groups excluding carboxylic acids is 1. The van der Waals surface area contributed by atoms with E-state index in [2.05, 4.69) is 10.5 Å². The molecule has 0 aromatic heterocycles. The minimum Gasteiger partial charge on any atom is -0.382 e. The first-order valence-corrected chi connectivity index (χ1v) is 7.39. The van der Waals surface area contributed by atoms with Crippen LogP contribution in [0.25, 0.3) is 0 Å². The number of benzene rings is 1. The van der Waals surface area contributed by atoms with Gasteiger partial charge in [-0.1, -0.05) is 41.7 Å². The van der Waals surface area contributed by atoms with Gasteiger partial charge in [0.25, 0.3) is 5.91 Å². The van der Waals surface area contributed by atoms with Crippen LogP contribution in [-0.2, 0) is 9.63 Å². The zero-order chi connectivity index (χ0) is 13.9. The highest BCUT2D eigenvalue weighted by Gasteiger charge is 2.30. The van der Waals surface area contributed by atoms with Gasteiger partial charge in [0.2, 0.25) is 6.10 Å². The Morgan fingerprint density at radius 1 is 1.25 bits per heavy atom. The first kappa shape index (κ1) is 13.4. The zero-order valence-corrected chi connectivity index (χ0v) is 11.9. The Balaban J connectivity index is 1.57. The molecule has 1 fully saturated rings. The Kier molecular flexibility index (Phi) is 3.92. The van der Waals surface area contributed by atoms with Crippen molar-refractivity contribution < 1.29 is 9.63 Å². The molecule has 4 nitrogen and oxygen atoms in total. The summed E-state index contributed by atoms with van der Waals surface area (Å²) in [6.45, 7) is 0. The number of oxime groups is 1. The van der Waals surface area contributed by atoms with Gasteiger partial charge in [-0.05, 0) is 30.5 Å². The number of hydrogen-bond donors (Lipinski definition) is 1. The average molecular weight is 293 g/mol. The third-order valence-electron chi connectivity index (χ3n) is 3.84. The highest BCUT2D eigenvalue weighted by Crippen LogP contribution is 2.21. The third kappa shape index (κ3) is 2.96. The molecule has 0 saturated heterocycles. The van der Waals surface area contributed by atoms with Crippen molar-refractivity contribution in [2.24, 2.45) is 5.16 Å². The minimum atomic E-state index is -0.499. The van der Waals surface area contributed by atoms with Gasteiger partial charge in [0.05, 0.1) is 5.71 Å². The van der Waals surface area contributed by atoms with Crippen LogP contribution < -0.4 is 5.32 Å². The molecule has 1 heterocycles. The van der Waals surface area contributed by atoms with E-state index in [-0.39, 0.29) is 5.91 Å². The van der Waals surface area contributed by atoms with Gasteiger partial charge in [0.1, 0.15) is 0 Å². The summed E-state index contributed by atoms with van der Waals surface area (Å²) in [7, 11) is 0. The Morgan fingerprint density at radius 3 is 2.65 bits per heavy atom. The fraction of sp³-hybridized carbons (Fsp3) is 0.467. The molecule has 20 heavy (non-hydrogen) atoms. The molecule has 3 rings (SSSR count). The number of halogens is 1. The van der Waals surface area contributed by atoms with Crippen molar-refractivity contribution >= 4 is 23.2 Å². The van der Waals surface area contributed by atoms with E-state index in [1.54, 1.807) is 0 Å². The van der Waals surface area contributed by atoms with Crippen molar-refractivity contribution in [3.8, 4) is 0 Å². The van der Waals surface area contributed by atoms with Gasteiger partial charge in [-0.15, -0.1) is 0 Å². The van der Waals surface area contributed by atoms with Crippen molar-refractivity contribution in [1.29, 1.82) is 0 Å². The molecule has 0 unspecified atom stereocenters. The highest BCUT2D eigenvalue weighted by molar-refractivity contribution is 6.30. The molecular formula is C15H17ClN2O2. The summed E-state index contributed by atoms with van der Waals surface area (Å²) in [5.74, 6) is -0.0513. The predicted molar refractivity (Wildman–Crippen MR) is 77.9 cm³/mol. The molecule has 1 aromatic rings. The standard InChI is InChI=1S/C15H17ClN2O2/c16-11-7-5-10(6-8-11)13-9-14(20-18-13)15(19)17-12-3-1-2-4-12/h5-8,12,14H,1-4,9H2,(H,17,19)/t14-/m1/s1. The second-order valence-corrected chi connectivity index (χ2v) is 5.77. The smallest absolute Gasteiger partial charge is 0.264 e. The van der Waals surface area contributed by atoms with E-state index in [1.165, 1.54) is 12.8 Å². The zero-order valence-electron chi connectivity index (χ0n) is 11.1. The average Bonchev–Trinajstić information content (AvgIpc) is 3.10. The highest BCUT2D eigenvalue weighted by atomic mass is 35.5. The fourth-order valence-corrected chi connectivity index (χ4v) is 2.82. The van der Waals surface area contributed by atoms with Crippen molar-refractivity contribution in [2.75, 3.05) is 0 Å². The van der Waals surface area contributed by atoms with E-state index in [9.17, 15) is 4.79 Å². The number of carbonyl (C=O) groups is 1. The Labute approximate surface area is 123 Å². The maximum Gasteiger partial charge on any atom is 0.264 e. The normalized spacial score (nSPS) is 22.4. The molecular weight excluding hydrogens is 276 g/mol. The molecule has 1 N–H and O–H groups in total.